The second-order valence-electron chi connectivity index (χ2n) is 5.55. The van der Waals surface area contributed by atoms with E-state index in [1.165, 1.54) is 5.57 Å². The van der Waals surface area contributed by atoms with Crippen LogP contribution < -0.4 is 0 Å². The van der Waals surface area contributed by atoms with Crippen molar-refractivity contribution < 1.29 is 9.53 Å². The van der Waals surface area contributed by atoms with Gasteiger partial charge in [-0.15, -0.1) is 0 Å². The molecule has 0 aliphatic heterocycles. The van der Waals surface area contributed by atoms with Gasteiger partial charge in [0, 0.05) is 0 Å². The first-order valence-corrected chi connectivity index (χ1v) is 6.67. The van der Waals surface area contributed by atoms with Crippen molar-refractivity contribution in [1.82, 2.24) is 0 Å². The number of hydrogen-bond donors (Lipinski definition) is 0. The fourth-order valence-corrected chi connectivity index (χ4v) is 2.52. The Kier molecular flexibility index (Phi) is 4.95. The highest BCUT2D eigenvalue weighted by molar-refractivity contribution is 5.75. The second-order valence-corrected chi connectivity index (χ2v) is 5.55. The number of carbonyl (C=O) groups excluding carboxylic acids is 1. The summed E-state index contributed by atoms with van der Waals surface area (Å²) in [6.45, 7) is 8.74. The van der Waals surface area contributed by atoms with Gasteiger partial charge in [-0.2, -0.15) is 5.26 Å². The molecule has 0 aromatic carbocycles. The van der Waals surface area contributed by atoms with Gasteiger partial charge in [0.05, 0.1) is 12.7 Å². The first kappa shape index (κ1) is 14.8. The summed E-state index contributed by atoms with van der Waals surface area (Å²) in [7, 11) is 0. The largest absolute Gasteiger partial charge is 0.465 e. The van der Waals surface area contributed by atoms with Gasteiger partial charge in [0.25, 0.3) is 0 Å². The first-order chi connectivity index (χ1) is 8.43. The SMILES string of the molecule is CCOC(=O)C(C#N)CCC1CC=C(C)C1(C)C. The van der Waals surface area contributed by atoms with E-state index < -0.39 is 5.92 Å². The summed E-state index contributed by atoms with van der Waals surface area (Å²) in [6, 6.07) is 2.06. The lowest BCUT2D eigenvalue weighted by Gasteiger charge is -2.30. The molecule has 1 rings (SSSR count). The van der Waals surface area contributed by atoms with Crippen molar-refractivity contribution >= 4 is 5.97 Å². The average molecular weight is 249 g/mol. The molecule has 0 spiro atoms. The zero-order chi connectivity index (χ0) is 13.8. The smallest absolute Gasteiger partial charge is 0.323 e. The number of esters is 1. The third kappa shape index (κ3) is 3.13. The molecule has 2 unspecified atom stereocenters. The Morgan fingerprint density at radius 1 is 1.67 bits per heavy atom. The summed E-state index contributed by atoms with van der Waals surface area (Å²) in [5.74, 6) is -0.454. The molecular weight excluding hydrogens is 226 g/mol. The highest BCUT2D eigenvalue weighted by Crippen LogP contribution is 2.45. The molecule has 100 valence electrons. The number of allylic oxidation sites excluding steroid dienone is 2. The molecule has 0 fully saturated rings. The van der Waals surface area contributed by atoms with Gasteiger partial charge in [-0.25, -0.2) is 0 Å². The first-order valence-electron chi connectivity index (χ1n) is 6.67. The van der Waals surface area contributed by atoms with Crippen LogP contribution in [0.15, 0.2) is 11.6 Å². The van der Waals surface area contributed by atoms with Crippen LogP contribution in [0.5, 0.6) is 0 Å². The normalized spacial score (nSPS) is 23.1. The van der Waals surface area contributed by atoms with E-state index in [2.05, 4.69) is 32.9 Å². The zero-order valence-electron chi connectivity index (χ0n) is 11.8. The van der Waals surface area contributed by atoms with E-state index in [-0.39, 0.29) is 11.4 Å². The third-order valence-electron chi connectivity index (χ3n) is 4.28. The number of ether oxygens (including phenoxy) is 1. The molecule has 0 aromatic rings. The van der Waals surface area contributed by atoms with Crippen LogP contribution in [0.25, 0.3) is 0 Å². The van der Waals surface area contributed by atoms with Crippen LogP contribution in [0.3, 0.4) is 0 Å². The van der Waals surface area contributed by atoms with E-state index in [1.54, 1.807) is 6.92 Å². The maximum absolute atomic E-state index is 11.5. The van der Waals surface area contributed by atoms with Crippen LogP contribution in [0.1, 0.15) is 47.0 Å². The quantitative estimate of drug-likeness (QED) is 0.554. The van der Waals surface area contributed by atoms with E-state index in [0.29, 0.717) is 18.9 Å². The number of rotatable bonds is 5. The lowest BCUT2D eigenvalue weighted by atomic mass is 9.75. The summed E-state index contributed by atoms with van der Waals surface area (Å²) in [5, 5.41) is 9.02. The van der Waals surface area contributed by atoms with Crippen molar-refractivity contribution in [3.63, 3.8) is 0 Å². The molecular formula is C15H23NO2. The lowest BCUT2D eigenvalue weighted by molar-refractivity contribution is -0.146. The highest BCUT2D eigenvalue weighted by atomic mass is 16.5. The average Bonchev–Trinajstić information content (AvgIpc) is 2.56. The van der Waals surface area contributed by atoms with Gasteiger partial charge < -0.3 is 4.74 Å². The molecule has 0 saturated carbocycles. The van der Waals surface area contributed by atoms with Crippen molar-refractivity contribution in [2.45, 2.75) is 47.0 Å². The van der Waals surface area contributed by atoms with Gasteiger partial charge in [0.2, 0.25) is 0 Å². The van der Waals surface area contributed by atoms with E-state index >= 15 is 0 Å². The monoisotopic (exact) mass is 249 g/mol. The molecule has 0 bridgehead atoms. The summed E-state index contributed by atoms with van der Waals surface area (Å²) >= 11 is 0. The van der Waals surface area contributed by atoms with Gasteiger partial charge in [-0.05, 0) is 44.4 Å². The molecule has 3 heteroatoms. The summed E-state index contributed by atoms with van der Waals surface area (Å²) < 4.78 is 4.91. The maximum Gasteiger partial charge on any atom is 0.323 e. The van der Waals surface area contributed by atoms with Gasteiger partial charge in [-0.3, -0.25) is 4.79 Å². The number of carbonyl (C=O) groups is 1. The molecule has 3 nitrogen and oxygen atoms in total. The van der Waals surface area contributed by atoms with Crippen molar-refractivity contribution in [2.24, 2.45) is 17.3 Å². The Morgan fingerprint density at radius 3 is 2.78 bits per heavy atom. The van der Waals surface area contributed by atoms with Crippen LogP contribution in [-0.4, -0.2) is 12.6 Å². The number of nitriles is 1. The standard InChI is InChI=1S/C15H23NO2/c1-5-18-14(17)12(10-16)7-9-13-8-6-11(2)15(13,3)4/h6,12-13H,5,7-9H2,1-4H3. The van der Waals surface area contributed by atoms with E-state index in [1.807, 2.05) is 0 Å². The Labute approximate surface area is 110 Å². The molecule has 2 atom stereocenters. The van der Waals surface area contributed by atoms with Gasteiger partial charge in [-0.1, -0.05) is 25.5 Å². The van der Waals surface area contributed by atoms with Crippen molar-refractivity contribution in [3.8, 4) is 6.07 Å². The molecule has 0 saturated heterocycles. The van der Waals surface area contributed by atoms with E-state index in [0.717, 1.165) is 12.8 Å². The zero-order valence-corrected chi connectivity index (χ0v) is 11.8. The molecule has 0 aromatic heterocycles. The molecule has 1 aliphatic carbocycles. The minimum absolute atomic E-state index is 0.189. The van der Waals surface area contributed by atoms with Crippen LogP contribution >= 0.6 is 0 Å². The fraction of sp³-hybridized carbons (Fsp3) is 0.733. The van der Waals surface area contributed by atoms with Crippen LogP contribution in [0.4, 0.5) is 0 Å². The van der Waals surface area contributed by atoms with Crippen LogP contribution in [0, 0.1) is 28.6 Å². The lowest BCUT2D eigenvalue weighted by Crippen LogP contribution is -2.23. The Balaban J connectivity index is 2.51. The Morgan fingerprint density at radius 2 is 2.33 bits per heavy atom. The van der Waals surface area contributed by atoms with Gasteiger partial charge in [0.1, 0.15) is 5.92 Å². The summed E-state index contributed by atoms with van der Waals surface area (Å²) in [4.78, 5) is 11.5. The van der Waals surface area contributed by atoms with E-state index in [9.17, 15) is 4.79 Å². The minimum atomic E-state index is -0.610. The van der Waals surface area contributed by atoms with Gasteiger partial charge in [0.15, 0.2) is 0 Å². The van der Waals surface area contributed by atoms with Crippen LogP contribution in [-0.2, 0) is 9.53 Å². The molecule has 18 heavy (non-hydrogen) atoms. The molecule has 0 N–H and O–H groups in total. The predicted octanol–water partition coefficient (Wildman–Crippen LogP) is 3.46. The topological polar surface area (TPSA) is 50.1 Å². The van der Waals surface area contributed by atoms with Crippen molar-refractivity contribution in [3.05, 3.63) is 11.6 Å². The maximum atomic E-state index is 11.5. The van der Waals surface area contributed by atoms with Gasteiger partial charge >= 0.3 is 5.97 Å². The molecule has 0 heterocycles. The molecule has 1 aliphatic rings. The fourth-order valence-electron chi connectivity index (χ4n) is 2.52. The predicted molar refractivity (Wildman–Crippen MR) is 70.6 cm³/mol. The second kappa shape index (κ2) is 6.04. The van der Waals surface area contributed by atoms with Crippen molar-refractivity contribution in [1.29, 1.82) is 5.26 Å². The Bertz CT molecular complexity index is 376. The summed E-state index contributed by atoms with van der Waals surface area (Å²) in [5.41, 5.74) is 1.60. The Hall–Kier alpha value is -1.30. The number of hydrogen-bond acceptors (Lipinski definition) is 3. The van der Waals surface area contributed by atoms with Crippen LogP contribution in [0.2, 0.25) is 0 Å². The molecule has 0 amide bonds. The minimum Gasteiger partial charge on any atom is -0.465 e. The highest BCUT2D eigenvalue weighted by Gasteiger charge is 2.35. The van der Waals surface area contributed by atoms with E-state index in [4.69, 9.17) is 10.00 Å². The third-order valence-corrected chi connectivity index (χ3v) is 4.28. The molecule has 0 radical (unpaired) electrons. The number of nitrogens with zero attached hydrogens (tertiary/aromatic N) is 1. The summed E-state index contributed by atoms with van der Waals surface area (Å²) in [6.07, 6.45) is 4.83. The van der Waals surface area contributed by atoms with Crippen molar-refractivity contribution in [2.75, 3.05) is 6.61 Å².